The lowest BCUT2D eigenvalue weighted by Gasteiger charge is -2.20. The van der Waals surface area contributed by atoms with Gasteiger partial charge in [0, 0.05) is 17.0 Å². The first-order valence-electron chi connectivity index (χ1n) is 10.2. The quantitative estimate of drug-likeness (QED) is 0.490. The van der Waals surface area contributed by atoms with Crippen molar-refractivity contribution in [3.63, 3.8) is 0 Å². The lowest BCUT2D eigenvalue weighted by Crippen LogP contribution is -2.15. The van der Waals surface area contributed by atoms with E-state index in [0.717, 1.165) is 53.4 Å². The first kappa shape index (κ1) is 18.6. The zero-order valence-electron chi connectivity index (χ0n) is 16.6. The van der Waals surface area contributed by atoms with E-state index in [2.05, 4.69) is 0 Å². The minimum atomic E-state index is -0.418. The number of nitrogens with zero attached hydrogens (tertiary/aromatic N) is 3. The highest BCUT2D eigenvalue weighted by Crippen LogP contribution is 2.32. The Bertz CT molecular complexity index is 1170. The molecule has 6 nitrogen and oxygen atoms in total. The first-order valence-corrected chi connectivity index (χ1v) is 10.2. The van der Waals surface area contributed by atoms with Crippen molar-refractivity contribution in [1.82, 2.24) is 14.5 Å². The van der Waals surface area contributed by atoms with Crippen molar-refractivity contribution >= 4 is 10.9 Å². The van der Waals surface area contributed by atoms with E-state index in [1.165, 1.54) is 0 Å². The van der Waals surface area contributed by atoms with E-state index in [0.29, 0.717) is 24.3 Å². The summed E-state index contributed by atoms with van der Waals surface area (Å²) in [5.41, 5.74) is 4.15. The Balaban J connectivity index is 1.61. The van der Waals surface area contributed by atoms with Crippen LogP contribution < -0.4 is 9.47 Å². The van der Waals surface area contributed by atoms with Crippen LogP contribution in [0.3, 0.4) is 0 Å². The number of aromatic nitrogens is 3. The molecule has 1 aliphatic rings. The van der Waals surface area contributed by atoms with E-state index in [4.69, 9.17) is 19.4 Å². The van der Waals surface area contributed by atoms with E-state index in [-0.39, 0.29) is 0 Å². The Kier molecular flexibility index (Phi) is 5.07. The summed E-state index contributed by atoms with van der Waals surface area (Å²) >= 11 is 0. The average Bonchev–Trinajstić information content (AvgIpc) is 3.16. The van der Waals surface area contributed by atoms with Gasteiger partial charge < -0.3 is 14.6 Å². The lowest BCUT2D eigenvalue weighted by molar-refractivity contribution is 0.0925. The molecule has 1 aliphatic carbocycles. The summed E-state index contributed by atoms with van der Waals surface area (Å²) in [6.45, 7) is 0.0365. The van der Waals surface area contributed by atoms with Crippen LogP contribution in [-0.4, -0.2) is 26.4 Å². The number of aliphatic hydroxyl groups is 1. The number of hydrogen-bond donors (Lipinski definition) is 1. The van der Waals surface area contributed by atoms with Crippen LogP contribution in [0, 0.1) is 0 Å². The van der Waals surface area contributed by atoms with Gasteiger partial charge in [-0.25, -0.2) is 9.55 Å². The molecule has 0 aliphatic heterocycles. The number of hydrogen-bond acceptors (Lipinski definition) is 5. The van der Waals surface area contributed by atoms with Gasteiger partial charge in [-0.2, -0.15) is 4.98 Å². The zero-order chi connectivity index (χ0) is 20.3. The molecule has 0 fully saturated rings. The van der Waals surface area contributed by atoms with E-state index in [1.807, 2.05) is 65.2 Å². The second-order valence-electron chi connectivity index (χ2n) is 7.39. The molecule has 2 heterocycles. The van der Waals surface area contributed by atoms with E-state index in [1.54, 1.807) is 0 Å². The van der Waals surface area contributed by atoms with Gasteiger partial charge in [0.1, 0.15) is 6.61 Å². The van der Waals surface area contributed by atoms with Crippen molar-refractivity contribution < 1.29 is 14.6 Å². The molecule has 0 spiro atoms. The standard InChI is InChI=1S/C24H23N3O3/c28-16-30-22-14-18-10-4-7-13-21(18)27(22)24-25-20-12-6-5-11-19(20)23(26-24)29-15-17-8-2-1-3-9-17/h1-4,7-10,13-14,28H,5-6,11-12,15-16H2. The maximum absolute atomic E-state index is 9.37. The molecule has 0 bridgehead atoms. The number of ether oxygens (including phenoxy) is 2. The third-order valence-corrected chi connectivity index (χ3v) is 5.44. The number of para-hydroxylation sites is 1. The molecule has 152 valence electrons. The first-order chi connectivity index (χ1) is 14.8. The Morgan fingerprint density at radius 1 is 0.900 bits per heavy atom. The molecule has 2 aromatic carbocycles. The van der Waals surface area contributed by atoms with Crippen molar-refractivity contribution in [1.29, 1.82) is 0 Å². The zero-order valence-corrected chi connectivity index (χ0v) is 16.6. The minimum absolute atomic E-state index is 0.418. The van der Waals surface area contributed by atoms with Gasteiger partial charge in [0.05, 0.1) is 11.2 Å². The molecule has 0 saturated carbocycles. The Hall–Kier alpha value is -3.38. The number of aliphatic hydroxyl groups excluding tert-OH is 1. The third kappa shape index (κ3) is 3.50. The maximum atomic E-state index is 9.37. The van der Waals surface area contributed by atoms with Gasteiger partial charge in [0.15, 0.2) is 6.79 Å². The van der Waals surface area contributed by atoms with E-state index >= 15 is 0 Å². The Labute approximate surface area is 174 Å². The fraction of sp³-hybridized carbons (Fsp3) is 0.250. The normalized spacial score (nSPS) is 13.2. The van der Waals surface area contributed by atoms with Crippen molar-refractivity contribution in [2.75, 3.05) is 6.79 Å². The summed E-state index contributed by atoms with van der Waals surface area (Å²) in [6, 6.07) is 19.9. The van der Waals surface area contributed by atoms with E-state index < -0.39 is 6.79 Å². The number of benzene rings is 2. The molecule has 0 radical (unpaired) electrons. The topological polar surface area (TPSA) is 69.4 Å². The van der Waals surface area contributed by atoms with Crippen LogP contribution in [0.25, 0.3) is 16.9 Å². The molecule has 30 heavy (non-hydrogen) atoms. The Morgan fingerprint density at radius 3 is 2.57 bits per heavy atom. The molecule has 5 rings (SSSR count). The van der Waals surface area contributed by atoms with E-state index in [9.17, 15) is 5.11 Å². The van der Waals surface area contributed by atoms with Crippen LogP contribution in [0.15, 0.2) is 60.7 Å². The smallest absolute Gasteiger partial charge is 0.240 e. The fourth-order valence-electron chi connectivity index (χ4n) is 4.00. The van der Waals surface area contributed by atoms with Gasteiger partial charge in [-0.1, -0.05) is 48.5 Å². The van der Waals surface area contributed by atoms with Gasteiger partial charge in [0.25, 0.3) is 0 Å². The highest BCUT2D eigenvalue weighted by Gasteiger charge is 2.22. The number of rotatable bonds is 6. The summed E-state index contributed by atoms with van der Waals surface area (Å²) < 4.78 is 13.5. The molecule has 2 aromatic heterocycles. The second kappa shape index (κ2) is 8.16. The SMILES string of the molecule is OCOc1cc2ccccc2n1-c1nc2c(c(OCc3ccccc3)n1)CCCC2. The third-order valence-electron chi connectivity index (χ3n) is 5.44. The van der Waals surface area contributed by atoms with Crippen molar-refractivity contribution in [3.8, 4) is 17.7 Å². The van der Waals surface area contributed by atoms with Crippen LogP contribution in [0.5, 0.6) is 11.8 Å². The van der Waals surface area contributed by atoms with Crippen LogP contribution >= 0.6 is 0 Å². The van der Waals surface area contributed by atoms with Gasteiger partial charge in [-0.05, 0) is 37.3 Å². The maximum Gasteiger partial charge on any atom is 0.240 e. The van der Waals surface area contributed by atoms with Crippen molar-refractivity contribution in [3.05, 3.63) is 77.5 Å². The average molecular weight is 401 g/mol. The van der Waals surface area contributed by atoms with Crippen LogP contribution in [0.4, 0.5) is 0 Å². The summed E-state index contributed by atoms with van der Waals surface area (Å²) in [7, 11) is 0. The minimum Gasteiger partial charge on any atom is -0.472 e. The summed E-state index contributed by atoms with van der Waals surface area (Å²) in [5, 5.41) is 10.4. The summed E-state index contributed by atoms with van der Waals surface area (Å²) in [6.07, 6.45) is 4.05. The molecule has 0 amide bonds. The summed E-state index contributed by atoms with van der Waals surface area (Å²) in [5.74, 6) is 1.64. The summed E-state index contributed by atoms with van der Waals surface area (Å²) in [4.78, 5) is 9.68. The highest BCUT2D eigenvalue weighted by molar-refractivity contribution is 5.83. The molecule has 0 atom stereocenters. The van der Waals surface area contributed by atoms with Crippen LogP contribution in [-0.2, 0) is 19.4 Å². The molecule has 4 aromatic rings. The van der Waals surface area contributed by atoms with Gasteiger partial charge in [0.2, 0.25) is 17.7 Å². The van der Waals surface area contributed by atoms with Crippen LogP contribution in [0.2, 0.25) is 0 Å². The van der Waals surface area contributed by atoms with Crippen molar-refractivity contribution in [2.24, 2.45) is 0 Å². The number of fused-ring (bicyclic) bond motifs is 2. The van der Waals surface area contributed by atoms with Gasteiger partial charge in [-0.15, -0.1) is 0 Å². The molecule has 1 N–H and O–H groups in total. The monoisotopic (exact) mass is 401 g/mol. The molecule has 6 heteroatoms. The predicted molar refractivity (Wildman–Crippen MR) is 114 cm³/mol. The second-order valence-corrected chi connectivity index (χ2v) is 7.39. The van der Waals surface area contributed by atoms with Crippen LogP contribution in [0.1, 0.15) is 29.7 Å². The Morgan fingerprint density at radius 2 is 1.70 bits per heavy atom. The largest absolute Gasteiger partial charge is 0.472 e. The molecule has 0 unspecified atom stereocenters. The number of aryl methyl sites for hydroxylation is 1. The molecular formula is C24H23N3O3. The van der Waals surface area contributed by atoms with Crippen molar-refractivity contribution in [2.45, 2.75) is 32.3 Å². The highest BCUT2D eigenvalue weighted by atomic mass is 16.6. The lowest BCUT2D eigenvalue weighted by atomic mass is 9.97. The fourth-order valence-corrected chi connectivity index (χ4v) is 4.00. The van der Waals surface area contributed by atoms with Gasteiger partial charge in [-0.3, -0.25) is 0 Å². The van der Waals surface area contributed by atoms with Gasteiger partial charge >= 0.3 is 0 Å². The molecule has 0 saturated heterocycles. The predicted octanol–water partition coefficient (Wildman–Crippen LogP) is 4.21. The molecular weight excluding hydrogens is 378 g/mol.